The maximum Gasteiger partial charge on any atom is 0.330 e. The highest BCUT2D eigenvalue weighted by atomic mass is 16.5. The lowest BCUT2D eigenvalue weighted by atomic mass is 9.51. The van der Waals surface area contributed by atoms with Crippen LogP contribution in [-0.4, -0.2) is 49.0 Å². The van der Waals surface area contributed by atoms with E-state index in [-0.39, 0.29) is 23.3 Å². The van der Waals surface area contributed by atoms with E-state index in [4.69, 9.17) is 9.47 Å². The molecular formula is C25H29NO4. The highest BCUT2D eigenvalue weighted by Crippen LogP contribution is 2.62. The smallest absolute Gasteiger partial charge is 0.330 e. The lowest BCUT2D eigenvalue weighted by Gasteiger charge is -2.58. The lowest BCUT2D eigenvalue weighted by Crippen LogP contribution is -2.66. The molecule has 2 bridgehead atoms. The zero-order valence-corrected chi connectivity index (χ0v) is 17.8. The van der Waals surface area contributed by atoms with Gasteiger partial charge in [-0.2, -0.15) is 0 Å². The van der Waals surface area contributed by atoms with Crippen molar-refractivity contribution < 1.29 is 19.1 Å². The third-order valence-corrected chi connectivity index (χ3v) is 8.38. The van der Waals surface area contributed by atoms with Gasteiger partial charge in [-0.15, -0.1) is 0 Å². The first-order valence-electron chi connectivity index (χ1n) is 11.4. The Morgan fingerprint density at radius 3 is 2.97 bits per heavy atom. The quantitative estimate of drug-likeness (QED) is 0.567. The van der Waals surface area contributed by atoms with Gasteiger partial charge in [-0.25, -0.2) is 4.79 Å². The van der Waals surface area contributed by atoms with Crippen LogP contribution in [0.25, 0.3) is 6.08 Å². The fourth-order valence-corrected chi connectivity index (χ4v) is 6.94. The fourth-order valence-electron chi connectivity index (χ4n) is 6.94. The third-order valence-electron chi connectivity index (χ3n) is 8.38. The summed E-state index contributed by atoms with van der Waals surface area (Å²) >= 11 is 0. The molecule has 1 aromatic carbocycles. The first-order valence-corrected chi connectivity index (χ1v) is 11.4. The molecule has 30 heavy (non-hydrogen) atoms. The van der Waals surface area contributed by atoms with Crippen LogP contribution in [0.1, 0.15) is 54.4 Å². The zero-order chi connectivity index (χ0) is 20.6. The Hall–Kier alpha value is -2.14. The van der Waals surface area contributed by atoms with Gasteiger partial charge in [-0.05, 0) is 86.2 Å². The van der Waals surface area contributed by atoms with Crippen molar-refractivity contribution in [1.82, 2.24) is 4.90 Å². The summed E-state index contributed by atoms with van der Waals surface area (Å²) in [6.07, 6.45) is 9.39. The summed E-state index contributed by atoms with van der Waals surface area (Å²) in [6, 6.07) is 2.58. The van der Waals surface area contributed by atoms with Crippen LogP contribution in [0.15, 0.2) is 12.1 Å². The number of ether oxygens (including phenoxy) is 2. The SMILES string of the molecule is COC(=O)/C=C/c1cc(C)c2c3c1CC1C4CCC(=O)C(O2)C34CCN1CC1CC1. The zero-order valence-electron chi connectivity index (χ0n) is 17.8. The predicted molar refractivity (Wildman–Crippen MR) is 112 cm³/mol. The maximum absolute atomic E-state index is 13.0. The molecule has 2 saturated carbocycles. The Morgan fingerprint density at radius 1 is 1.37 bits per heavy atom. The molecule has 0 aromatic heterocycles. The topological polar surface area (TPSA) is 55.8 Å². The molecule has 4 atom stereocenters. The van der Waals surface area contributed by atoms with Gasteiger partial charge in [0, 0.05) is 36.1 Å². The van der Waals surface area contributed by atoms with Crippen molar-refractivity contribution in [2.75, 3.05) is 20.2 Å². The van der Waals surface area contributed by atoms with Gasteiger partial charge in [0.2, 0.25) is 0 Å². The largest absolute Gasteiger partial charge is 0.481 e. The first kappa shape index (κ1) is 18.6. The number of hydrogen-bond acceptors (Lipinski definition) is 5. The summed E-state index contributed by atoms with van der Waals surface area (Å²) < 4.78 is 11.3. The number of piperidine rings is 1. The van der Waals surface area contributed by atoms with E-state index in [0.29, 0.717) is 18.4 Å². The molecule has 4 unspecified atom stereocenters. The molecule has 6 rings (SSSR count). The van der Waals surface area contributed by atoms with Crippen molar-refractivity contribution in [3.8, 4) is 5.75 Å². The molecule has 5 nitrogen and oxygen atoms in total. The minimum atomic E-state index is -0.343. The molecule has 0 radical (unpaired) electrons. The highest BCUT2D eigenvalue weighted by molar-refractivity contribution is 5.90. The Labute approximate surface area is 177 Å². The summed E-state index contributed by atoms with van der Waals surface area (Å²) in [6.45, 7) is 4.32. The summed E-state index contributed by atoms with van der Waals surface area (Å²) in [5.41, 5.74) is 4.54. The van der Waals surface area contributed by atoms with Crippen molar-refractivity contribution in [2.24, 2.45) is 11.8 Å². The van der Waals surface area contributed by atoms with E-state index in [1.165, 1.54) is 43.7 Å². The number of ketones is 1. The highest BCUT2D eigenvalue weighted by Gasteiger charge is 2.66. The van der Waals surface area contributed by atoms with Crippen LogP contribution in [0.3, 0.4) is 0 Å². The molecule has 0 N–H and O–H groups in total. The summed E-state index contributed by atoms with van der Waals surface area (Å²) in [4.78, 5) is 27.5. The number of carbonyl (C=O) groups is 2. The molecule has 5 heteroatoms. The van der Waals surface area contributed by atoms with Crippen LogP contribution >= 0.6 is 0 Å². The predicted octanol–water partition coefficient (Wildman–Crippen LogP) is 3.20. The Kier molecular flexibility index (Phi) is 3.99. The van der Waals surface area contributed by atoms with E-state index in [2.05, 4.69) is 17.9 Å². The maximum atomic E-state index is 13.0. The van der Waals surface area contributed by atoms with E-state index >= 15 is 0 Å². The average molecular weight is 408 g/mol. The fraction of sp³-hybridized carbons (Fsp3) is 0.600. The summed E-state index contributed by atoms with van der Waals surface area (Å²) in [5.74, 6) is 2.22. The Balaban J connectivity index is 1.52. The number of Topliss-reactive ketones (excluding diaryl/α,β-unsaturated/α-hetero) is 1. The van der Waals surface area contributed by atoms with Crippen molar-refractivity contribution in [1.29, 1.82) is 0 Å². The Bertz CT molecular complexity index is 978. The standard InChI is InChI=1S/C25H29NO4/c1-14-11-16(5-8-21(28)29-2)17-12-19-18-6-7-20(27)24-25(18,22(17)23(14)30-24)9-10-26(19)13-15-3-4-15/h5,8,11,15,18-19,24H,3-4,6-7,9-10,12-13H2,1-2H3/b8-5+. The normalized spacial score (nSPS) is 34.1. The van der Waals surface area contributed by atoms with Gasteiger partial charge in [-0.1, -0.05) is 0 Å². The molecule has 5 aliphatic rings. The van der Waals surface area contributed by atoms with Gasteiger partial charge < -0.3 is 9.47 Å². The van der Waals surface area contributed by atoms with Crippen molar-refractivity contribution in [2.45, 2.75) is 63.0 Å². The summed E-state index contributed by atoms with van der Waals surface area (Å²) in [7, 11) is 1.40. The van der Waals surface area contributed by atoms with Crippen molar-refractivity contribution in [3.05, 3.63) is 34.4 Å². The van der Waals surface area contributed by atoms with Gasteiger partial charge in [0.05, 0.1) is 7.11 Å². The molecule has 158 valence electrons. The number of methoxy groups -OCH3 is 1. The number of hydrogen-bond donors (Lipinski definition) is 0. The van der Waals surface area contributed by atoms with E-state index in [9.17, 15) is 9.59 Å². The number of esters is 1. The first-order chi connectivity index (χ1) is 14.5. The molecule has 1 spiro atoms. The average Bonchev–Trinajstić information content (AvgIpc) is 3.49. The van der Waals surface area contributed by atoms with Crippen LogP contribution in [-0.2, 0) is 26.2 Å². The van der Waals surface area contributed by atoms with Crippen LogP contribution < -0.4 is 4.74 Å². The number of carbonyl (C=O) groups excluding carboxylic acids is 2. The molecule has 3 aliphatic carbocycles. The van der Waals surface area contributed by atoms with Gasteiger partial charge >= 0.3 is 5.97 Å². The van der Waals surface area contributed by atoms with E-state index in [1.807, 2.05) is 6.08 Å². The lowest BCUT2D eigenvalue weighted by molar-refractivity contribution is -0.139. The van der Waals surface area contributed by atoms with E-state index in [0.717, 1.165) is 48.6 Å². The molecule has 2 aliphatic heterocycles. The van der Waals surface area contributed by atoms with Crippen LogP contribution in [0.4, 0.5) is 0 Å². The molecular weight excluding hydrogens is 378 g/mol. The van der Waals surface area contributed by atoms with Gasteiger partial charge in [-0.3, -0.25) is 9.69 Å². The number of aryl methyl sites for hydroxylation is 1. The molecule has 0 amide bonds. The minimum absolute atomic E-state index is 0.178. The number of rotatable bonds is 4. The molecule has 2 heterocycles. The molecule has 3 fully saturated rings. The van der Waals surface area contributed by atoms with E-state index < -0.39 is 0 Å². The van der Waals surface area contributed by atoms with Crippen LogP contribution in [0, 0.1) is 18.8 Å². The van der Waals surface area contributed by atoms with Gasteiger partial charge in [0.1, 0.15) is 5.75 Å². The number of nitrogens with zero attached hydrogens (tertiary/aromatic N) is 1. The van der Waals surface area contributed by atoms with Crippen molar-refractivity contribution >= 4 is 17.8 Å². The number of likely N-dealkylation sites (tertiary alicyclic amines) is 1. The van der Waals surface area contributed by atoms with E-state index in [1.54, 1.807) is 0 Å². The van der Waals surface area contributed by atoms with Crippen molar-refractivity contribution in [3.63, 3.8) is 0 Å². The number of benzene rings is 1. The monoisotopic (exact) mass is 407 g/mol. The van der Waals surface area contributed by atoms with Gasteiger partial charge in [0.15, 0.2) is 11.9 Å². The second-order valence-electron chi connectivity index (χ2n) is 9.93. The van der Waals surface area contributed by atoms with Gasteiger partial charge in [0.25, 0.3) is 0 Å². The second-order valence-corrected chi connectivity index (χ2v) is 9.93. The molecule has 1 aromatic rings. The second kappa shape index (κ2) is 6.43. The summed E-state index contributed by atoms with van der Waals surface area (Å²) in [5, 5.41) is 0. The third kappa shape index (κ3) is 2.44. The van der Waals surface area contributed by atoms with Crippen LogP contribution in [0.5, 0.6) is 5.75 Å². The van der Waals surface area contributed by atoms with Crippen LogP contribution in [0.2, 0.25) is 0 Å². The Morgan fingerprint density at radius 2 is 2.20 bits per heavy atom. The molecule has 1 saturated heterocycles. The minimum Gasteiger partial charge on any atom is -0.481 e.